The fraction of sp³-hybridized carbons (Fsp3) is 0.0526. The molecule has 9 nitrogen and oxygen atoms in total. The van der Waals surface area contributed by atoms with Gasteiger partial charge in [-0.25, -0.2) is 16.8 Å². The van der Waals surface area contributed by atoms with Gasteiger partial charge in [0.2, 0.25) is 0 Å². The van der Waals surface area contributed by atoms with Crippen LogP contribution in [-0.4, -0.2) is 32.7 Å². The van der Waals surface area contributed by atoms with E-state index >= 15 is 0 Å². The number of methoxy groups -OCH3 is 1. The van der Waals surface area contributed by atoms with E-state index in [-0.39, 0.29) is 21.0 Å². The fourth-order valence-electron chi connectivity index (χ4n) is 2.84. The molecule has 0 unspecified atom stereocenters. The Balaban J connectivity index is 1.57. The molecule has 0 radical (unpaired) electrons. The number of aromatic nitrogens is 2. The number of nitrogens with zero attached hydrogens (tertiary/aromatic N) is 2. The summed E-state index contributed by atoms with van der Waals surface area (Å²) in [7, 11) is -6.41. The van der Waals surface area contributed by atoms with Crippen LogP contribution in [0.1, 0.15) is 0 Å². The Morgan fingerprint density at radius 3 is 2.29 bits per heavy atom. The highest BCUT2D eigenvalue weighted by Gasteiger charge is 2.21. The molecule has 31 heavy (non-hydrogen) atoms. The lowest BCUT2D eigenvalue weighted by molar-refractivity contribution is 0.417. The topological polar surface area (TPSA) is 127 Å². The Morgan fingerprint density at radius 1 is 0.806 bits per heavy atom. The van der Waals surface area contributed by atoms with Gasteiger partial charge in [-0.05, 0) is 48.5 Å². The predicted octanol–water partition coefficient (Wildman–Crippen LogP) is 3.30. The van der Waals surface area contributed by atoms with Crippen LogP contribution in [0, 0.1) is 0 Å². The van der Waals surface area contributed by atoms with Crippen LogP contribution < -0.4 is 14.2 Å². The highest BCUT2D eigenvalue weighted by molar-refractivity contribution is 7.93. The van der Waals surface area contributed by atoms with Crippen LogP contribution in [0.5, 0.6) is 5.75 Å². The van der Waals surface area contributed by atoms with E-state index in [4.69, 9.17) is 4.74 Å². The van der Waals surface area contributed by atoms with Crippen molar-refractivity contribution in [1.82, 2.24) is 8.75 Å². The minimum absolute atomic E-state index is 0.00622. The third-order valence-electron chi connectivity index (χ3n) is 4.31. The van der Waals surface area contributed by atoms with Gasteiger partial charge in [-0.3, -0.25) is 9.44 Å². The summed E-state index contributed by atoms with van der Waals surface area (Å²) in [5.41, 5.74) is 1.26. The van der Waals surface area contributed by atoms with Gasteiger partial charge < -0.3 is 4.74 Å². The second-order valence-electron chi connectivity index (χ2n) is 6.32. The van der Waals surface area contributed by atoms with E-state index in [1.165, 1.54) is 37.4 Å². The Kier molecular flexibility index (Phi) is 5.52. The number of ether oxygens (including phenoxy) is 1. The maximum absolute atomic E-state index is 12.8. The SMILES string of the molecule is COc1ccccc1NS(=O)(=O)c1ccc(NS(=O)(=O)c2cccc3nsnc23)cc1. The average molecular weight is 477 g/mol. The maximum atomic E-state index is 12.8. The first-order valence-corrected chi connectivity index (χ1v) is 12.5. The number of anilines is 2. The maximum Gasteiger partial charge on any atom is 0.264 e. The number of fused-ring (bicyclic) bond motifs is 1. The van der Waals surface area contributed by atoms with Crippen molar-refractivity contribution in [3.63, 3.8) is 0 Å². The van der Waals surface area contributed by atoms with Gasteiger partial charge in [-0.1, -0.05) is 18.2 Å². The van der Waals surface area contributed by atoms with Gasteiger partial charge in [0.15, 0.2) is 0 Å². The quantitative estimate of drug-likeness (QED) is 0.419. The first-order valence-electron chi connectivity index (χ1n) is 8.80. The molecular weight excluding hydrogens is 460 g/mol. The second kappa shape index (κ2) is 8.13. The molecular formula is C19H16N4O5S3. The van der Waals surface area contributed by atoms with Gasteiger partial charge in [-0.15, -0.1) is 0 Å². The van der Waals surface area contributed by atoms with E-state index in [2.05, 4.69) is 18.2 Å². The van der Waals surface area contributed by atoms with E-state index < -0.39 is 20.0 Å². The van der Waals surface area contributed by atoms with Crippen molar-refractivity contribution in [3.8, 4) is 5.75 Å². The summed E-state index contributed by atoms with van der Waals surface area (Å²) in [6.45, 7) is 0. The lowest BCUT2D eigenvalue weighted by Gasteiger charge is -2.12. The molecule has 4 aromatic rings. The normalized spacial score (nSPS) is 11.9. The Bertz CT molecular complexity index is 1450. The number of sulfonamides is 2. The lowest BCUT2D eigenvalue weighted by Crippen LogP contribution is -2.15. The second-order valence-corrected chi connectivity index (χ2v) is 10.2. The van der Waals surface area contributed by atoms with Gasteiger partial charge in [-0.2, -0.15) is 8.75 Å². The summed E-state index contributed by atoms with van der Waals surface area (Å²) in [5, 5.41) is 0. The molecule has 0 amide bonds. The van der Waals surface area contributed by atoms with E-state index in [0.717, 1.165) is 11.7 Å². The van der Waals surface area contributed by atoms with Gasteiger partial charge in [0, 0.05) is 5.69 Å². The molecule has 2 N–H and O–H groups in total. The van der Waals surface area contributed by atoms with Crippen molar-refractivity contribution in [1.29, 1.82) is 0 Å². The van der Waals surface area contributed by atoms with Crippen LogP contribution in [0.25, 0.3) is 11.0 Å². The molecule has 3 aromatic carbocycles. The van der Waals surface area contributed by atoms with E-state index in [1.54, 1.807) is 36.4 Å². The first kappa shape index (κ1) is 21.0. The van der Waals surface area contributed by atoms with E-state index in [9.17, 15) is 16.8 Å². The van der Waals surface area contributed by atoms with Gasteiger partial charge in [0.05, 0.1) is 29.4 Å². The third kappa shape index (κ3) is 4.31. The van der Waals surface area contributed by atoms with Crippen molar-refractivity contribution in [2.45, 2.75) is 9.79 Å². The zero-order valence-corrected chi connectivity index (χ0v) is 18.5. The number of hydrogen-bond donors (Lipinski definition) is 2. The molecule has 1 aromatic heterocycles. The number of rotatable bonds is 7. The van der Waals surface area contributed by atoms with Gasteiger partial charge in [0.25, 0.3) is 20.0 Å². The van der Waals surface area contributed by atoms with Crippen LogP contribution in [-0.2, 0) is 20.0 Å². The summed E-state index contributed by atoms with van der Waals surface area (Å²) in [5.74, 6) is 0.376. The zero-order chi connectivity index (χ0) is 22.1. The summed E-state index contributed by atoms with van der Waals surface area (Å²) in [6, 6.07) is 16.6. The van der Waals surface area contributed by atoms with Crippen LogP contribution in [0.2, 0.25) is 0 Å². The van der Waals surface area contributed by atoms with E-state index in [1.807, 2.05) is 0 Å². The molecule has 0 aliphatic carbocycles. The van der Waals surface area contributed by atoms with Crippen molar-refractivity contribution < 1.29 is 21.6 Å². The van der Waals surface area contributed by atoms with Gasteiger partial charge >= 0.3 is 0 Å². The zero-order valence-electron chi connectivity index (χ0n) is 16.0. The summed E-state index contributed by atoms with van der Waals surface area (Å²) >= 11 is 0.923. The van der Waals surface area contributed by atoms with Crippen molar-refractivity contribution in [2.75, 3.05) is 16.6 Å². The minimum atomic E-state index is -3.94. The Hall–Kier alpha value is -3.22. The molecule has 4 rings (SSSR count). The van der Waals surface area contributed by atoms with Crippen LogP contribution in [0.3, 0.4) is 0 Å². The molecule has 0 aliphatic heterocycles. The molecule has 1 heterocycles. The molecule has 12 heteroatoms. The molecule has 0 saturated heterocycles. The summed E-state index contributed by atoms with van der Waals surface area (Å²) in [6.07, 6.45) is 0. The molecule has 0 bridgehead atoms. The van der Waals surface area contributed by atoms with Crippen molar-refractivity contribution >= 4 is 54.2 Å². The molecule has 0 atom stereocenters. The number of hydrogen-bond acceptors (Lipinski definition) is 8. The van der Waals surface area contributed by atoms with Crippen molar-refractivity contribution in [3.05, 3.63) is 66.7 Å². The number of nitrogens with one attached hydrogen (secondary N) is 2. The highest BCUT2D eigenvalue weighted by Crippen LogP contribution is 2.27. The molecule has 0 fully saturated rings. The monoisotopic (exact) mass is 476 g/mol. The average Bonchev–Trinajstić information content (AvgIpc) is 3.23. The molecule has 0 spiro atoms. The minimum Gasteiger partial charge on any atom is -0.495 e. The van der Waals surface area contributed by atoms with Gasteiger partial charge in [0.1, 0.15) is 21.7 Å². The van der Waals surface area contributed by atoms with E-state index in [0.29, 0.717) is 17.0 Å². The summed E-state index contributed by atoms with van der Waals surface area (Å²) < 4.78 is 69.1. The Morgan fingerprint density at radius 2 is 1.55 bits per heavy atom. The van der Waals surface area contributed by atoms with Crippen LogP contribution in [0.4, 0.5) is 11.4 Å². The standard InChI is InChI=1S/C19H16N4O5S3/c1-28-17-7-3-2-5-15(17)23-30(24,25)14-11-9-13(10-12-14)22-31(26,27)18-8-4-6-16-19(18)21-29-20-16/h2-12,22-23H,1H3. The molecule has 160 valence electrons. The highest BCUT2D eigenvalue weighted by atomic mass is 32.2. The molecule has 0 aliphatic rings. The largest absolute Gasteiger partial charge is 0.495 e. The Labute approximate surface area is 183 Å². The summed E-state index contributed by atoms with van der Waals surface area (Å²) in [4.78, 5) is -0.0413. The number of para-hydroxylation sites is 2. The predicted molar refractivity (Wildman–Crippen MR) is 118 cm³/mol. The molecule has 0 saturated carbocycles. The van der Waals surface area contributed by atoms with Crippen LogP contribution >= 0.6 is 11.7 Å². The smallest absolute Gasteiger partial charge is 0.264 e. The van der Waals surface area contributed by atoms with Crippen molar-refractivity contribution in [2.24, 2.45) is 0 Å². The van der Waals surface area contributed by atoms with Crippen LogP contribution in [0.15, 0.2) is 76.5 Å². The fourth-order valence-corrected chi connectivity index (χ4v) is 5.74. The lowest BCUT2D eigenvalue weighted by atomic mass is 10.3. The third-order valence-corrected chi connectivity index (χ3v) is 7.64. The first-order chi connectivity index (χ1) is 14.8. The number of benzene rings is 3.